The highest BCUT2D eigenvalue weighted by Gasteiger charge is 2.06. The zero-order valence-corrected chi connectivity index (χ0v) is 6.23. The number of hydrogen-bond acceptors (Lipinski definition) is 1. The van der Waals surface area contributed by atoms with Gasteiger partial charge in [0.25, 0.3) is 0 Å². The summed E-state index contributed by atoms with van der Waals surface area (Å²) in [5.74, 6) is 0.451. The Morgan fingerprint density at radius 2 is 2.00 bits per heavy atom. The molecule has 0 heterocycles. The average molecular weight is 133 g/mol. The molecule has 0 aromatic carbocycles. The second-order valence-electron chi connectivity index (χ2n) is 2.80. The minimum Gasteiger partial charge on any atom is -0.330 e. The second kappa shape index (κ2) is 4.74. The highest BCUT2D eigenvalue weighted by atomic mass is 19.1. The van der Waals surface area contributed by atoms with Crippen LogP contribution in [0.3, 0.4) is 0 Å². The van der Waals surface area contributed by atoms with E-state index in [1.807, 2.05) is 13.8 Å². The number of halogens is 1. The summed E-state index contributed by atoms with van der Waals surface area (Å²) in [6.45, 7) is 4.50. The highest BCUT2D eigenvalue weighted by molar-refractivity contribution is 4.58. The molecule has 0 fully saturated rings. The molecule has 0 amide bonds. The quantitative estimate of drug-likeness (QED) is 0.621. The van der Waals surface area contributed by atoms with Crippen LogP contribution >= 0.6 is 0 Å². The average Bonchev–Trinajstić information content (AvgIpc) is 1.63. The van der Waals surface area contributed by atoms with Gasteiger partial charge in [-0.05, 0) is 25.3 Å². The second-order valence-corrected chi connectivity index (χ2v) is 2.80. The first-order valence-corrected chi connectivity index (χ1v) is 3.51. The molecule has 9 heavy (non-hydrogen) atoms. The van der Waals surface area contributed by atoms with Gasteiger partial charge in [-0.25, -0.2) is 4.39 Å². The van der Waals surface area contributed by atoms with Crippen molar-refractivity contribution < 1.29 is 4.39 Å². The van der Waals surface area contributed by atoms with Crippen molar-refractivity contribution in [1.29, 1.82) is 0 Å². The van der Waals surface area contributed by atoms with Crippen molar-refractivity contribution in [2.45, 2.75) is 32.9 Å². The smallest absolute Gasteiger partial charge is 0.102 e. The molecule has 0 rings (SSSR count). The molecule has 0 aliphatic carbocycles. The van der Waals surface area contributed by atoms with Gasteiger partial charge in [-0.15, -0.1) is 0 Å². The zero-order valence-electron chi connectivity index (χ0n) is 6.23. The van der Waals surface area contributed by atoms with Gasteiger partial charge < -0.3 is 5.73 Å². The van der Waals surface area contributed by atoms with Gasteiger partial charge in [0.05, 0.1) is 0 Å². The van der Waals surface area contributed by atoms with Crippen LogP contribution in [0.4, 0.5) is 4.39 Å². The third-order valence-electron chi connectivity index (χ3n) is 1.21. The maximum absolute atomic E-state index is 12.6. The van der Waals surface area contributed by atoms with Crippen molar-refractivity contribution in [2.24, 2.45) is 11.7 Å². The summed E-state index contributed by atoms with van der Waals surface area (Å²) in [6.07, 6.45) is 0.477. The minimum absolute atomic E-state index is 0.451. The lowest BCUT2D eigenvalue weighted by atomic mass is 10.1. The topological polar surface area (TPSA) is 26.0 Å². The fraction of sp³-hybridized carbons (Fsp3) is 1.00. The lowest BCUT2D eigenvalue weighted by Crippen LogP contribution is -2.11. The molecule has 0 bridgehead atoms. The van der Waals surface area contributed by atoms with Crippen LogP contribution in [0, 0.1) is 5.92 Å². The monoisotopic (exact) mass is 133 g/mol. The lowest BCUT2D eigenvalue weighted by molar-refractivity contribution is 0.270. The molecule has 0 aromatic rings. The van der Waals surface area contributed by atoms with Gasteiger partial charge in [0.15, 0.2) is 0 Å². The number of nitrogens with two attached hydrogens (primary N) is 1. The summed E-state index contributed by atoms with van der Waals surface area (Å²) >= 11 is 0. The van der Waals surface area contributed by atoms with Crippen LogP contribution in [-0.4, -0.2) is 12.7 Å². The summed E-state index contributed by atoms with van der Waals surface area (Å²) in [7, 11) is 0. The Morgan fingerprint density at radius 1 is 1.44 bits per heavy atom. The van der Waals surface area contributed by atoms with Crippen LogP contribution in [0.15, 0.2) is 0 Å². The van der Waals surface area contributed by atoms with E-state index in [4.69, 9.17) is 5.73 Å². The summed E-state index contributed by atoms with van der Waals surface area (Å²) in [5.41, 5.74) is 5.17. The van der Waals surface area contributed by atoms with E-state index < -0.39 is 6.17 Å². The predicted molar refractivity (Wildman–Crippen MR) is 38.0 cm³/mol. The van der Waals surface area contributed by atoms with Gasteiger partial charge in [-0.1, -0.05) is 13.8 Å². The molecule has 0 aromatic heterocycles. The van der Waals surface area contributed by atoms with Gasteiger partial charge in [0.2, 0.25) is 0 Å². The van der Waals surface area contributed by atoms with Crippen LogP contribution in [0.5, 0.6) is 0 Å². The Bertz CT molecular complexity index is 63.9. The van der Waals surface area contributed by atoms with Crippen LogP contribution < -0.4 is 5.73 Å². The van der Waals surface area contributed by atoms with Crippen molar-refractivity contribution in [3.05, 3.63) is 0 Å². The third-order valence-corrected chi connectivity index (χ3v) is 1.21. The van der Waals surface area contributed by atoms with E-state index in [-0.39, 0.29) is 0 Å². The normalized spacial score (nSPS) is 14.3. The van der Waals surface area contributed by atoms with E-state index in [9.17, 15) is 4.39 Å². The van der Waals surface area contributed by atoms with Gasteiger partial charge in [-0.3, -0.25) is 0 Å². The number of alkyl halides is 1. The molecule has 0 spiro atoms. The van der Waals surface area contributed by atoms with E-state index in [1.165, 1.54) is 0 Å². The summed E-state index contributed by atoms with van der Waals surface area (Å²) < 4.78 is 12.6. The van der Waals surface area contributed by atoms with E-state index in [1.54, 1.807) is 0 Å². The maximum atomic E-state index is 12.6. The standard InChI is InChI=1S/C7H16FN/c1-6(2)5-7(8)3-4-9/h6-7H,3-5,9H2,1-2H3/t7-/m1/s1. The Balaban J connectivity index is 3.15. The van der Waals surface area contributed by atoms with Gasteiger partial charge in [0, 0.05) is 0 Å². The van der Waals surface area contributed by atoms with Crippen molar-refractivity contribution in [2.75, 3.05) is 6.54 Å². The molecule has 0 radical (unpaired) electrons. The van der Waals surface area contributed by atoms with Crippen molar-refractivity contribution in [1.82, 2.24) is 0 Å². The third kappa shape index (κ3) is 5.77. The van der Waals surface area contributed by atoms with E-state index in [0.717, 1.165) is 0 Å². The summed E-state index contributed by atoms with van der Waals surface area (Å²) in [6, 6.07) is 0. The first-order valence-electron chi connectivity index (χ1n) is 3.51. The molecule has 56 valence electrons. The maximum Gasteiger partial charge on any atom is 0.102 e. The van der Waals surface area contributed by atoms with E-state index >= 15 is 0 Å². The molecule has 0 saturated carbocycles. The molecule has 2 heteroatoms. The van der Waals surface area contributed by atoms with Crippen molar-refractivity contribution in [3.8, 4) is 0 Å². The van der Waals surface area contributed by atoms with Gasteiger partial charge in [0.1, 0.15) is 6.17 Å². The SMILES string of the molecule is CC(C)C[C@H](F)CCN. The van der Waals surface area contributed by atoms with Crippen LogP contribution in [0.2, 0.25) is 0 Å². The number of rotatable bonds is 4. The van der Waals surface area contributed by atoms with Crippen molar-refractivity contribution >= 4 is 0 Å². The molecule has 0 aliphatic rings. The predicted octanol–water partition coefficient (Wildman–Crippen LogP) is 1.72. The Kier molecular flexibility index (Phi) is 4.68. The van der Waals surface area contributed by atoms with Crippen LogP contribution in [0.25, 0.3) is 0 Å². The largest absolute Gasteiger partial charge is 0.330 e. The Labute approximate surface area is 56.4 Å². The zero-order chi connectivity index (χ0) is 7.28. The molecule has 0 saturated heterocycles. The molecule has 0 aliphatic heterocycles. The molecule has 2 N–H and O–H groups in total. The molecule has 1 atom stereocenters. The fourth-order valence-corrected chi connectivity index (χ4v) is 0.810. The summed E-state index contributed by atoms with van der Waals surface area (Å²) in [5, 5.41) is 0. The molecular weight excluding hydrogens is 117 g/mol. The Morgan fingerprint density at radius 3 is 2.33 bits per heavy atom. The first kappa shape index (κ1) is 8.89. The van der Waals surface area contributed by atoms with Gasteiger partial charge >= 0.3 is 0 Å². The first-order chi connectivity index (χ1) is 4.16. The summed E-state index contributed by atoms with van der Waals surface area (Å²) in [4.78, 5) is 0. The van der Waals surface area contributed by atoms with E-state index in [2.05, 4.69) is 0 Å². The molecular formula is C7H16FN. The Hall–Kier alpha value is -0.110. The van der Waals surface area contributed by atoms with Gasteiger partial charge in [-0.2, -0.15) is 0 Å². The fourth-order valence-electron chi connectivity index (χ4n) is 0.810. The lowest BCUT2D eigenvalue weighted by Gasteiger charge is -2.07. The van der Waals surface area contributed by atoms with Crippen molar-refractivity contribution in [3.63, 3.8) is 0 Å². The molecule has 1 nitrogen and oxygen atoms in total. The minimum atomic E-state index is -0.685. The molecule has 0 unspecified atom stereocenters. The number of hydrogen-bond donors (Lipinski definition) is 1. The van der Waals surface area contributed by atoms with Crippen LogP contribution in [0.1, 0.15) is 26.7 Å². The highest BCUT2D eigenvalue weighted by Crippen LogP contribution is 2.09. The van der Waals surface area contributed by atoms with Crippen LogP contribution in [-0.2, 0) is 0 Å². The van der Waals surface area contributed by atoms with E-state index in [0.29, 0.717) is 25.3 Å².